The predicted molar refractivity (Wildman–Crippen MR) is 231 cm³/mol. The molecule has 1 N–H and O–H groups in total. The van der Waals surface area contributed by atoms with Gasteiger partial charge in [-0.05, 0) is 76.5 Å². The quantitative estimate of drug-likeness (QED) is 0.0604. The summed E-state index contributed by atoms with van der Waals surface area (Å²) in [6.45, 7) is 10.7. The van der Waals surface area contributed by atoms with Gasteiger partial charge in [-0.3, -0.25) is 28.9 Å². The van der Waals surface area contributed by atoms with Gasteiger partial charge in [-0.1, -0.05) is 102 Å². The van der Waals surface area contributed by atoms with Gasteiger partial charge in [-0.25, -0.2) is 4.98 Å². The summed E-state index contributed by atoms with van der Waals surface area (Å²) in [5.74, 6) is -3.19. The molecule has 5 heterocycles. The minimum absolute atomic E-state index is 0.0670. The van der Waals surface area contributed by atoms with Crippen LogP contribution in [0.4, 0.5) is 0 Å². The van der Waals surface area contributed by atoms with Crippen molar-refractivity contribution in [3.05, 3.63) is 130 Å². The lowest BCUT2D eigenvalue weighted by molar-refractivity contribution is -0.164. The van der Waals surface area contributed by atoms with Crippen LogP contribution in [0.15, 0.2) is 102 Å². The van der Waals surface area contributed by atoms with Crippen LogP contribution in [0.25, 0.3) is 22.3 Å². The van der Waals surface area contributed by atoms with Crippen LogP contribution in [-0.2, 0) is 48.9 Å². The zero-order valence-electron chi connectivity index (χ0n) is 34.6. The Bertz CT molecular complexity index is 2590. The molecule has 1 unspecified atom stereocenters. The van der Waals surface area contributed by atoms with Gasteiger partial charge in [0.2, 0.25) is 0 Å². The molecular formula is C48H49N3O8Si. The number of cyclic esters (lactones) is 1. The molecule has 0 bridgehead atoms. The number of carboxylic acids is 1. The van der Waals surface area contributed by atoms with Crippen LogP contribution in [0.3, 0.4) is 0 Å². The molecule has 11 nitrogen and oxygen atoms in total. The van der Waals surface area contributed by atoms with E-state index in [1.165, 1.54) is 12.2 Å². The molecule has 3 aliphatic rings. The highest BCUT2D eigenvalue weighted by atomic mass is 28.4. The monoisotopic (exact) mass is 823 g/mol. The molecule has 3 aliphatic heterocycles. The van der Waals surface area contributed by atoms with E-state index in [0.717, 1.165) is 43.1 Å². The zero-order chi connectivity index (χ0) is 42.6. The number of hydrogen-bond donors (Lipinski definition) is 1. The number of aryl methyl sites for hydroxylation is 1. The zero-order valence-corrected chi connectivity index (χ0v) is 35.6. The first-order chi connectivity index (χ1) is 28.8. The molecule has 2 atom stereocenters. The third-order valence-electron chi connectivity index (χ3n) is 12.8. The van der Waals surface area contributed by atoms with E-state index in [9.17, 15) is 29.1 Å². The number of pyridine rings is 2. The summed E-state index contributed by atoms with van der Waals surface area (Å²) < 4.78 is 14.7. The summed E-state index contributed by atoms with van der Waals surface area (Å²) >= 11 is 0. The fourth-order valence-electron chi connectivity index (χ4n) is 9.90. The number of unbranched alkanes of at least 4 members (excludes halogenated alkanes) is 1. The third-order valence-corrected chi connectivity index (χ3v) is 17.8. The molecule has 0 spiro atoms. The van der Waals surface area contributed by atoms with Crippen molar-refractivity contribution in [3.8, 4) is 17.1 Å². The smallest absolute Gasteiger partial charge is 0.319 e. The number of nitrogens with zero attached hydrogens (tertiary/aromatic N) is 3. The van der Waals surface area contributed by atoms with E-state index in [0.29, 0.717) is 36.2 Å². The molecule has 0 aliphatic carbocycles. The van der Waals surface area contributed by atoms with E-state index in [-0.39, 0.29) is 48.7 Å². The van der Waals surface area contributed by atoms with Gasteiger partial charge < -0.3 is 18.8 Å². The van der Waals surface area contributed by atoms with E-state index in [1.807, 2.05) is 24.3 Å². The Kier molecular flexibility index (Phi) is 10.5. The van der Waals surface area contributed by atoms with E-state index < -0.39 is 43.4 Å². The molecule has 0 radical (unpaired) electrons. The molecule has 8 rings (SSSR count). The Hall–Kier alpha value is -6.14. The van der Waals surface area contributed by atoms with Crippen LogP contribution in [0.1, 0.15) is 82.6 Å². The summed E-state index contributed by atoms with van der Waals surface area (Å²) in [4.78, 5) is 72.1. The van der Waals surface area contributed by atoms with E-state index >= 15 is 0 Å². The minimum atomic E-state index is -2.94. The number of amides is 2. The Morgan fingerprint density at radius 3 is 2.13 bits per heavy atom. The fraction of sp³-hybridized carbons (Fsp3) is 0.333. The first-order valence-electron chi connectivity index (χ1n) is 20.7. The molecule has 3 aromatic carbocycles. The van der Waals surface area contributed by atoms with Gasteiger partial charge in [0.15, 0.2) is 0 Å². The van der Waals surface area contributed by atoms with Crippen LogP contribution in [0.5, 0.6) is 5.75 Å². The summed E-state index contributed by atoms with van der Waals surface area (Å²) in [6.07, 6.45) is 3.90. The standard InChI is InChI=1S/C48H49N3O8Si/c1-6-33-34-26-30(59-60(47(3,4)5,31-16-10-8-11-17-31)32-18-12-9-13-19-32)21-22-39(34)49-43-35(33)28-51-40(43)27-38-36(44(51)54)29-58-46(57)48(38,7-2)37(45(55)56)20-14-15-25-50-41(52)23-24-42(50)53/h8-13,16-19,21-24,26-27,37H,6-7,14-15,20,25,28-29H2,1-5H3,(H,55,56)/t37-,48?/m1/s1. The van der Waals surface area contributed by atoms with Crippen molar-refractivity contribution in [1.82, 2.24) is 14.5 Å². The topological polar surface area (TPSA) is 145 Å². The lowest BCUT2D eigenvalue weighted by Gasteiger charge is -2.43. The Morgan fingerprint density at radius 2 is 1.55 bits per heavy atom. The number of aliphatic carboxylic acids is 1. The molecule has 0 saturated carbocycles. The number of carbonyl (C=O) groups is 4. The van der Waals surface area contributed by atoms with Crippen LogP contribution in [0, 0.1) is 5.92 Å². The summed E-state index contributed by atoms with van der Waals surface area (Å²) in [5.41, 5.74) is 2.47. The number of fused-ring (bicyclic) bond motifs is 5. The summed E-state index contributed by atoms with van der Waals surface area (Å²) in [5, 5.41) is 13.7. The van der Waals surface area contributed by atoms with Crippen molar-refractivity contribution in [2.75, 3.05) is 6.54 Å². The lowest BCUT2D eigenvalue weighted by atomic mass is 9.64. The highest BCUT2D eigenvalue weighted by molar-refractivity contribution is 7.00. The third kappa shape index (κ3) is 6.39. The largest absolute Gasteiger partial charge is 0.534 e. The molecule has 2 aromatic heterocycles. The van der Waals surface area contributed by atoms with Crippen molar-refractivity contribution < 1.29 is 33.4 Å². The average molecular weight is 824 g/mol. The number of imide groups is 1. The van der Waals surface area contributed by atoms with Gasteiger partial charge >= 0.3 is 20.3 Å². The second kappa shape index (κ2) is 15.5. The first kappa shape index (κ1) is 40.6. The van der Waals surface area contributed by atoms with Gasteiger partial charge in [-0.2, -0.15) is 0 Å². The molecule has 5 aromatic rings. The SMILES string of the molecule is CCc1c2c(nc3ccc(O[Si](c4ccccc4)(c4ccccc4)C(C)(C)C)cc13)-c1cc3c(c(=O)n1C2)COC(=O)C3(CC)[C@H](CCCCN1C(=O)C=CC1=O)C(=O)O. The number of benzene rings is 3. The van der Waals surface area contributed by atoms with E-state index in [4.69, 9.17) is 14.1 Å². The molecule has 60 heavy (non-hydrogen) atoms. The van der Waals surface area contributed by atoms with Gasteiger partial charge in [0, 0.05) is 29.6 Å². The van der Waals surface area contributed by atoms with Gasteiger partial charge in [0.1, 0.15) is 17.8 Å². The van der Waals surface area contributed by atoms with Crippen LogP contribution < -0.4 is 20.4 Å². The molecule has 0 saturated heterocycles. The van der Waals surface area contributed by atoms with Crippen LogP contribution in [-0.4, -0.2) is 58.2 Å². The molecule has 2 amide bonds. The predicted octanol–water partition coefficient (Wildman–Crippen LogP) is 6.43. The molecular weight excluding hydrogens is 775 g/mol. The minimum Gasteiger partial charge on any atom is -0.534 e. The number of aromatic nitrogens is 2. The van der Waals surface area contributed by atoms with Crippen molar-refractivity contribution in [2.45, 2.75) is 90.3 Å². The maximum atomic E-state index is 14.5. The summed E-state index contributed by atoms with van der Waals surface area (Å²) in [6, 6.07) is 28.8. The maximum absolute atomic E-state index is 14.5. The normalized spacial score (nSPS) is 17.7. The van der Waals surface area contributed by atoms with E-state index in [1.54, 1.807) is 17.6 Å². The van der Waals surface area contributed by atoms with E-state index in [2.05, 4.69) is 82.3 Å². The number of hydrogen-bond acceptors (Lipinski definition) is 8. The first-order valence-corrected chi connectivity index (χ1v) is 22.6. The maximum Gasteiger partial charge on any atom is 0.319 e. The molecule has 308 valence electrons. The van der Waals surface area contributed by atoms with Crippen LogP contribution in [0.2, 0.25) is 5.04 Å². The second-order valence-electron chi connectivity index (χ2n) is 17.0. The van der Waals surface area contributed by atoms with Crippen molar-refractivity contribution >= 4 is 53.3 Å². The van der Waals surface area contributed by atoms with Crippen molar-refractivity contribution in [1.29, 1.82) is 0 Å². The Balaban J connectivity index is 1.20. The second-order valence-corrected chi connectivity index (χ2v) is 21.2. The highest BCUT2D eigenvalue weighted by Gasteiger charge is 2.55. The van der Waals surface area contributed by atoms with Gasteiger partial charge in [-0.15, -0.1) is 0 Å². The van der Waals surface area contributed by atoms with Gasteiger partial charge in [0.25, 0.3) is 17.4 Å². The number of carbonyl (C=O) groups excluding carboxylic acids is 3. The van der Waals surface area contributed by atoms with Gasteiger partial charge in [0.05, 0.1) is 34.9 Å². The number of ether oxygens (including phenoxy) is 1. The highest BCUT2D eigenvalue weighted by Crippen LogP contribution is 2.47. The van der Waals surface area contributed by atoms with Crippen molar-refractivity contribution in [2.24, 2.45) is 5.92 Å². The Morgan fingerprint density at radius 1 is 0.900 bits per heavy atom. The Labute approximate surface area is 349 Å². The fourth-order valence-corrected chi connectivity index (χ4v) is 14.3. The number of esters is 1. The van der Waals surface area contributed by atoms with Crippen molar-refractivity contribution in [3.63, 3.8) is 0 Å². The molecule has 0 fully saturated rings. The lowest BCUT2D eigenvalue weighted by Crippen LogP contribution is -2.68. The number of rotatable bonds is 13. The summed E-state index contributed by atoms with van der Waals surface area (Å²) in [7, 11) is -2.94. The molecule has 12 heteroatoms. The average Bonchev–Trinajstić information content (AvgIpc) is 3.77. The van der Waals surface area contributed by atoms with Crippen LogP contribution >= 0.6 is 0 Å². The number of carboxylic acid groups (broad SMARTS) is 1.